The summed E-state index contributed by atoms with van der Waals surface area (Å²) in [6, 6.07) is 0. The highest BCUT2D eigenvalue weighted by Gasteiger charge is 1.94. The fraction of sp³-hybridized carbons (Fsp3) is 1.00. The van der Waals surface area contributed by atoms with Crippen LogP contribution in [0.3, 0.4) is 0 Å². The molecule has 0 fully saturated rings. The molecule has 0 radical (unpaired) electrons. The van der Waals surface area contributed by atoms with E-state index in [0.29, 0.717) is 0 Å². The van der Waals surface area contributed by atoms with E-state index >= 15 is 0 Å². The lowest BCUT2D eigenvalue weighted by Crippen LogP contribution is -2.08. The molecule has 0 rings (SSSR count). The van der Waals surface area contributed by atoms with Gasteiger partial charge in [0.2, 0.25) is 0 Å². The zero-order valence-corrected chi connectivity index (χ0v) is 3.00. The summed E-state index contributed by atoms with van der Waals surface area (Å²) in [5.74, 6) is 0. The topological polar surface area (TPSA) is 3.24 Å². The smallest absolute Gasteiger partial charge is 0.172 e. The predicted octanol–water partition coefficient (Wildman–Crippen LogP) is 1.03. The Morgan fingerprint density at radius 1 is 1.17 bits per heavy atom. The van der Waals surface area contributed by atoms with E-state index in [0.717, 1.165) is 0 Å². The van der Waals surface area contributed by atoms with Crippen molar-refractivity contribution in [1.82, 2.24) is 5.12 Å². The highest BCUT2D eigenvalue weighted by molar-refractivity contribution is 4.12. The van der Waals surface area contributed by atoms with Gasteiger partial charge in [-0.05, 0) is 0 Å². The number of hydrogen-bond acceptors (Lipinski definition) is 1. The molecule has 0 saturated carbocycles. The Bertz CT molecular complexity index is 28.0. The molecule has 38 valence electrons. The fourth-order valence-electron chi connectivity index (χ4n) is 0.0319. The Morgan fingerprint density at radius 3 is 1.50 bits per heavy atom. The number of halogens is 3. The molecular weight excluding hydrogens is 95.0 g/mol. The molecule has 0 aromatic carbocycles. The number of alkyl halides is 2. The minimum Gasteiger partial charge on any atom is -0.231 e. The van der Waals surface area contributed by atoms with Crippen LogP contribution in [-0.2, 0) is 0 Å². The molecule has 4 heteroatoms. The Labute approximate surface area is 33.3 Å². The summed E-state index contributed by atoms with van der Waals surface area (Å²) in [7, 11) is 0. The van der Waals surface area contributed by atoms with E-state index < -0.39 is 18.7 Å². The summed E-state index contributed by atoms with van der Waals surface area (Å²) < 4.78 is 32.3. The van der Waals surface area contributed by atoms with Crippen LogP contribution in [0.1, 0.15) is 0 Å². The van der Waals surface area contributed by atoms with Crippen molar-refractivity contribution < 1.29 is 13.3 Å². The van der Waals surface area contributed by atoms with Crippen LogP contribution >= 0.6 is 0 Å². The zero-order chi connectivity index (χ0) is 4.99. The molecule has 0 N–H and O–H groups in total. The van der Waals surface area contributed by atoms with Crippen LogP contribution in [0.5, 0.6) is 0 Å². The van der Waals surface area contributed by atoms with Crippen LogP contribution in [0.25, 0.3) is 0 Å². The van der Waals surface area contributed by atoms with Gasteiger partial charge >= 0.3 is 0 Å². The molecule has 0 heterocycles. The summed E-state index contributed by atoms with van der Waals surface area (Å²) >= 11 is 0. The molecule has 0 aliphatic carbocycles. The lowest BCUT2D eigenvalue weighted by atomic mass is 11.2. The van der Waals surface area contributed by atoms with Gasteiger partial charge in [0.05, 0.1) is 0 Å². The third kappa shape index (κ3) is 2.02. The molecule has 0 aromatic rings. The maximum atomic E-state index is 10.9. The van der Waals surface area contributed by atoms with Crippen molar-refractivity contribution in [1.29, 1.82) is 0 Å². The first-order chi connectivity index (χ1) is 2.81. The maximum absolute atomic E-state index is 10.9. The van der Waals surface area contributed by atoms with Crippen molar-refractivity contribution >= 4 is 0 Å². The maximum Gasteiger partial charge on any atom is 0.172 e. The number of rotatable bonds is 2. The van der Waals surface area contributed by atoms with Crippen molar-refractivity contribution in [2.75, 3.05) is 13.6 Å². The molecule has 0 saturated heterocycles. The first kappa shape index (κ1) is 5.75. The van der Waals surface area contributed by atoms with Gasteiger partial charge in [-0.25, -0.2) is 8.78 Å². The molecule has 0 spiro atoms. The van der Waals surface area contributed by atoms with Crippen molar-refractivity contribution in [3.05, 3.63) is 0 Å². The average molecular weight is 99.1 g/mol. The van der Waals surface area contributed by atoms with Gasteiger partial charge < -0.3 is 0 Å². The van der Waals surface area contributed by atoms with Crippen LogP contribution in [0, 0.1) is 0 Å². The second-order valence-electron chi connectivity index (χ2n) is 0.702. The lowest BCUT2D eigenvalue weighted by molar-refractivity contribution is -0.0514. The SMILES string of the molecule is FCN(F)CF. The Balaban J connectivity index is 2.75. The molecule has 0 aromatic heterocycles. The van der Waals surface area contributed by atoms with Crippen molar-refractivity contribution in [3.63, 3.8) is 0 Å². The van der Waals surface area contributed by atoms with Crippen LogP contribution in [0.2, 0.25) is 0 Å². The van der Waals surface area contributed by atoms with Gasteiger partial charge in [-0.1, -0.05) is 5.12 Å². The summed E-state index contributed by atoms with van der Waals surface area (Å²) in [5.41, 5.74) is 0. The average Bonchev–Trinajstić information content (AvgIpc) is 1.65. The van der Waals surface area contributed by atoms with Gasteiger partial charge in [-0.3, -0.25) is 0 Å². The third-order valence-electron chi connectivity index (χ3n) is 0.259. The fourth-order valence-corrected chi connectivity index (χ4v) is 0.0319. The number of hydrogen-bond donors (Lipinski definition) is 0. The van der Waals surface area contributed by atoms with Gasteiger partial charge in [0, 0.05) is 0 Å². The molecule has 0 bridgehead atoms. The monoisotopic (exact) mass is 99.0 g/mol. The quantitative estimate of drug-likeness (QED) is 0.369. The van der Waals surface area contributed by atoms with Gasteiger partial charge in [0.15, 0.2) is 13.6 Å². The van der Waals surface area contributed by atoms with E-state index in [9.17, 15) is 13.3 Å². The minimum absolute atomic E-state index is 0.583. The standard InChI is InChI=1S/C2H4F3N/c3-1-6(5)2-4/h1-2H2. The summed E-state index contributed by atoms with van der Waals surface area (Å²) in [4.78, 5) is 0. The Kier molecular flexibility index (Phi) is 2.84. The molecule has 6 heavy (non-hydrogen) atoms. The molecule has 0 aliphatic heterocycles. The van der Waals surface area contributed by atoms with Crippen LogP contribution in [0.15, 0.2) is 0 Å². The van der Waals surface area contributed by atoms with Crippen LogP contribution < -0.4 is 0 Å². The first-order valence-electron chi connectivity index (χ1n) is 1.34. The summed E-state index contributed by atoms with van der Waals surface area (Å²) in [6.45, 7) is -2.76. The summed E-state index contributed by atoms with van der Waals surface area (Å²) in [5, 5.41) is -0.583. The second-order valence-corrected chi connectivity index (χ2v) is 0.702. The van der Waals surface area contributed by atoms with E-state index in [4.69, 9.17) is 0 Å². The second kappa shape index (κ2) is 2.96. The minimum atomic E-state index is -1.38. The third-order valence-corrected chi connectivity index (χ3v) is 0.259. The van der Waals surface area contributed by atoms with Gasteiger partial charge in [0.25, 0.3) is 0 Å². The predicted molar refractivity (Wildman–Crippen MR) is 14.9 cm³/mol. The van der Waals surface area contributed by atoms with E-state index in [1.807, 2.05) is 0 Å². The van der Waals surface area contributed by atoms with E-state index in [2.05, 4.69) is 0 Å². The van der Waals surface area contributed by atoms with Crippen molar-refractivity contribution in [2.24, 2.45) is 0 Å². The van der Waals surface area contributed by atoms with Gasteiger partial charge in [-0.15, -0.1) is 4.48 Å². The normalized spacial score (nSPS) is 10.0. The van der Waals surface area contributed by atoms with Gasteiger partial charge in [0.1, 0.15) is 0 Å². The van der Waals surface area contributed by atoms with Crippen molar-refractivity contribution in [2.45, 2.75) is 0 Å². The van der Waals surface area contributed by atoms with Gasteiger partial charge in [-0.2, -0.15) is 0 Å². The first-order valence-corrected chi connectivity index (χ1v) is 1.34. The Morgan fingerprint density at radius 2 is 1.50 bits per heavy atom. The zero-order valence-electron chi connectivity index (χ0n) is 3.00. The molecule has 0 aliphatic rings. The molecule has 0 atom stereocenters. The summed E-state index contributed by atoms with van der Waals surface area (Å²) in [6.07, 6.45) is 0. The van der Waals surface area contributed by atoms with Crippen LogP contribution in [-0.4, -0.2) is 18.7 Å². The van der Waals surface area contributed by atoms with Crippen molar-refractivity contribution in [3.8, 4) is 0 Å². The Hall–Kier alpha value is -0.250. The van der Waals surface area contributed by atoms with Crippen LogP contribution in [0.4, 0.5) is 13.3 Å². The molecule has 0 amide bonds. The van der Waals surface area contributed by atoms with E-state index in [1.165, 1.54) is 0 Å². The molecule has 1 nitrogen and oxygen atoms in total. The molecule has 0 unspecified atom stereocenters. The molecular formula is C2H4F3N. The van der Waals surface area contributed by atoms with E-state index in [-0.39, 0.29) is 0 Å². The number of nitrogens with zero attached hydrogens (tertiary/aromatic N) is 1. The largest absolute Gasteiger partial charge is 0.231 e. The van der Waals surface area contributed by atoms with E-state index in [1.54, 1.807) is 0 Å². The highest BCUT2D eigenvalue weighted by Crippen LogP contribution is 1.86. The highest BCUT2D eigenvalue weighted by atomic mass is 19.2. The lowest BCUT2D eigenvalue weighted by Gasteiger charge is -1.94.